The molecule has 0 radical (unpaired) electrons. The Morgan fingerprint density at radius 1 is 1.25 bits per heavy atom. The number of aliphatic hydroxyl groups excluding tert-OH is 1. The van der Waals surface area contributed by atoms with Crippen LogP contribution < -0.4 is 10.6 Å². The van der Waals surface area contributed by atoms with E-state index in [-0.39, 0.29) is 17.7 Å². The molecule has 1 aliphatic rings. The zero-order chi connectivity index (χ0) is 22.8. The van der Waals surface area contributed by atoms with Crippen LogP contribution in [0, 0.1) is 5.82 Å². The molecule has 0 bridgehead atoms. The average molecular weight is 437 g/mol. The minimum atomic E-state index is -1.21. The summed E-state index contributed by atoms with van der Waals surface area (Å²) in [5.41, 5.74) is 1.64. The number of nitrogens with zero attached hydrogens (tertiary/aromatic N) is 3. The molecule has 4 rings (SSSR count). The number of hydrogen-bond acceptors (Lipinski definition) is 7. The fraction of sp³-hybridized carbons (Fsp3) is 0.250. The summed E-state index contributed by atoms with van der Waals surface area (Å²) in [4.78, 5) is 13.7. The number of benzene rings is 2. The Balaban J connectivity index is 1.67. The van der Waals surface area contributed by atoms with E-state index in [9.17, 15) is 9.90 Å². The van der Waals surface area contributed by atoms with E-state index in [1.807, 2.05) is 37.3 Å². The predicted molar refractivity (Wildman–Crippen MR) is 122 cm³/mol. The Morgan fingerprint density at radius 3 is 2.69 bits per heavy atom. The highest BCUT2D eigenvalue weighted by atomic mass is 19.1. The summed E-state index contributed by atoms with van der Waals surface area (Å²) in [5, 5.41) is 17.0. The molecule has 1 aliphatic heterocycles. The van der Waals surface area contributed by atoms with Crippen LogP contribution >= 0.6 is 0 Å². The molecule has 1 aromatic heterocycles. The van der Waals surface area contributed by atoms with Gasteiger partial charge in [-0.3, -0.25) is 0 Å². The number of allylic oxidation sites excluding steroid dienone is 1. The highest BCUT2D eigenvalue weighted by Gasteiger charge is 2.34. The van der Waals surface area contributed by atoms with Crippen molar-refractivity contribution in [1.29, 1.82) is 0 Å². The molecule has 0 fully saturated rings. The van der Waals surface area contributed by atoms with Gasteiger partial charge in [-0.2, -0.15) is 5.10 Å². The second-order valence-corrected chi connectivity index (χ2v) is 7.54. The summed E-state index contributed by atoms with van der Waals surface area (Å²) in [7, 11) is 0. The van der Waals surface area contributed by atoms with E-state index in [1.165, 1.54) is 17.3 Å². The van der Waals surface area contributed by atoms with Crippen molar-refractivity contribution in [1.82, 2.24) is 4.90 Å². The van der Waals surface area contributed by atoms with Crippen LogP contribution in [0.3, 0.4) is 0 Å². The molecule has 0 amide bonds. The van der Waals surface area contributed by atoms with E-state index in [0.29, 0.717) is 35.5 Å². The Labute approximate surface area is 184 Å². The van der Waals surface area contributed by atoms with Crippen LogP contribution in [-0.4, -0.2) is 35.3 Å². The number of fused-ring (bicyclic) bond motifs is 1. The summed E-state index contributed by atoms with van der Waals surface area (Å²) in [6.45, 7) is 8.50. The van der Waals surface area contributed by atoms with Crippen molar-refractivity contribution in [3.05, 3.63) is 82.7 Å². The zero-order valence-electron chi connectivity index (χ0n) is 17.9. The lowest BCUT2D eigenvalue weighted by atomic mass is 10.0. The number of amidine groups is 1. The molecule has 2 heterocycles. The van der Waals surface area contributed by atoms with Crippen LogP contribution in [0.1, 0.15) is 25.0 Å². The number of halogens is 1. The van der Waals surface area contributed by atoms with E-state index < -0.39 is 17.8 Å². The van der Waals surface area contributed by atoms with E-state index in [1.54, 1.807) is 11.8 Å². The maximum absolute atomic E-state index is 15.0. The minimum Gasteiger partial charge on any atom is -0.430 e. The number of hydrogen-bond donors (Lipinski definition) is 1. The van der Waals surface area contributed by atoms with Crippen molar-refractivity contribution in [3.63, 3.8) is 0 Å². The number of ether oxygens (including phenoxy) is 1. The van der Waals surface area contributed by atoms with E-state index in [0.717, 1.165) is 11.6 Å². The van der Waals surface area contributed by atoms with Gasteiger partial charge in [-0.05, 0) is 37.1 Å². The van der Waals surface area contributed by atoms with Crippen molar-refractivity contribution < 1.29 is 18.7 Å². The topological polar surface area (TPSA) is 78.5 Å². The van der Waals surface area contributed by atoms with Crippen LogP contribution in [0.5, 0.6) is 0 Å². The van der Waals surface area contributed by atoms with Gasteiger partial charge in [0.25, 0.3) is 0 Å². The van der Waals surface area contributed by atoms with Crippen molar-refractivity contribution in [2.45, 2.75) is 26.8 Å². The molecule has 0 spiro atoms. The smallest absolute Gasteiger partial charge is 0.343 e. The van der Waals surface area contributed by atoms with E-state index in [4.69, 9.17) is 9.15 Å². The SMILES string of the molecule is C=C(C)c1coc(=O)c2cc(F)c(N3N=C(COCc4ccccc4)N(CC)C3O)cc12. The van der Waals surface area contributed by atoms with Gasteiger partial charge in [0, 0.05) is 17.5 Å². The van der Waals surface area contributed by atoms with E-state index >= 15 is 4.39 Å². The normalized spacial score (nSPS) is 16.0. The third-order valence-electron chi connectivity index (χ3n) is 5.32. The lowest BCUT2D eigenvalue weighted by molar-refractivity contribution is 0.0607. The lowest BCUT2D eigenvalue weighted by Crippen LogP contribution is -2.43. The molecule has 0 saturated carbocycles. The first-order valence-electron chi connectivity index (χ1n) is 10.2. The van der Waals surface area contributed by atoms with Gasteiger partial charge in [0.15, 0.2) is 5.84 Å². The second-order valence-electron chi connectivity index (χ2n) is 7.54. The quantitative estimate of drug-likeness (QED) is 0.604. The molecule has 3 aromatic rings. The number of likely N-dealkylation sites (N-methyl/N-ethyl adjacent to an activating group) is 1. The number of hydrazone groups is 1. The molecule has 32 heavy (non-hydrogen) atoms. The first kappa shape index (κ1) is 21.7. The van der Waals surface area contributed by atoms with Crippen LogP contribution in [0.2, 0.25) is 0 Å². The Hall–Kier alpha value is -3.49. The molecular weight excluding hydrogens is 413 g/mol. The molecule has 0 saturated heterocycles. The third-order valence-corrected chi connectivity index (χ3v) is 5.32. The molecule has 0 aliphatic carbocycles. The maximum atomic E-state index is 15.0. The highest BCUT2D eigenvalue weighted by Crippen LogP contribution is 2.32. The molecule has 166 valence electrons. The number of anilines is 1. The van der Waals surface area contributed by atoms with E-state index in [2.05, 4.69) is 11.7 Å². The Bertz CT molecular complexity index is 1240. The first-order chi connectivity index (χ1) is 15.4. The van der Waals surface area contributed by atoms with Gasteiger partial charge >= 0.3 is 5.63 Å². The molecule has 1 N–H and O–H groups in total. The summed E-state index contributed by atoms with van der Waals surface area (Å²) in [5.74, 6) is -0.225. The minimum absolute atomic E-state index is 0.0367. The van der Waals surface area contributed by atoms with Crippen molar-refractivity contribution in [3.8, 4) is 0 Å². The van der Waals surface area contributed by atoms with Gasteiger partial charge in [-0.15, -0.1) is 0 Å². The molecule has 1 atom stereocenters. The van der Waals surface area contributed by atoms with Gasteiger partial charge in [-0.1, -0.05) is 36.9 Å². The summed E-state index contributed by atoms with van der Waals surface area (Å²) < 4.78 is 25.8. The van der Waals surface area contributed by atoms with Gasteiger partial charge in [0.1, 0.15) is 24.4 Å². The fourth-order valence-corrected chi connectivity index (χ4v) is 3.67. The summed E-state index contributed by atoms with van der Waals surface area (Å²) in [6, 6.07) is 12.3. The van der Waals surface area contributed by atoms with Gasteiger partial charge < -0.3 is 19.2 Å². The fourth-order valence-electron chi connectivity index (χ4n) is 3.67. The third kappa shape index (κ3) is 4.02. The Morgan fingerprint density at radius 2 is 2.00 bits per heavy atom. The number of rotatable bonds is 7. The number of aliphatic hydroxyl groups is 1. The van der Waals surface area contributed by atoms with Gasteiger partial charge in [0.05, 0.1) is 12.0 Å². The van der Waals surface area contributed by atoms with Crippen molar-refractivity contribution in [2.24, 2.45) is 5.10 Å². The van der Waals surface area contributed by atoms with Crippen molar-refractivity contribution in [2.75, 3.05) is 18.2 Å². The summed E-state index contributed by atoms with van der Waals surface area (Å²) >= 11 is 0. The average Bonchev–Trinajstić information content (AvgIpc) is 3.09. The second kappa shape index (κ2) is 8.94. The van der Waals surface area contributed by atoms with Crippen LogP contribution in [0.4, 0.5) is 10.1 Å². The lowest BCUT2D eigenvalue weighted by Gasteiger charge is -2.26. The molecule has 1 unspecified atom stereocenters. The van der Waals surface area contributed by atoms with Crippen LogP contribution in [0.25, 0.3) is 16.3 Å². The standard InChI is InChI=1S/C24H24FN3O4/c1-4-27-22(14-31-12-16-8-6-5-7-9-16)26-28(24(27)30)21-11-17-18(10-20(21)25)23(29)32-13-19(17)15(2)3/h5-11,13,24,30H,2,4,12,14H2,1,3H3. The van der Waals surface area contributed by atoms with Gasteiger partial charge in [0.2, 0.25) is 6.35 Å². The van der Waals surface area contributed by atoms with Crippen LogP contribution in [0.15, 0.2) is 69.6 Å². The molecule has 8 heteroatoms. The highest BCUT2D eigenvalue weighted by molar-refractivity contribution is 5.95. The summed E-state index contributed by atoms with van der Waals surface area (Å²) in [6.07, 6.45) is 0.0928. The molecule has 7 nitrogen and oxygen atoms in total. The van der Waals surface area contributed by atoms with Crippen LogP contribution in [-0.2, 0) is 11.3 Å². The molecule has 2 aromatic carbocycles. The molecular formula is C24H24FN3O4. The first-order valence-corrected chi connectivity index (χ1v) is 10.2. The maximum Gasteiger partial charge on any atom is 0.343 e. The zero-order valence-corrected chi connectivity index (χ0v) is 17.9. The monoisotopic (exact) mass is 437 g/mol. The van der Waals surface area contributed by atoms with Gasteiger partial charge in [-0.25, -0.2) is 14.2 Å². The largest absolute Gasteiger partial charge is 0.430 e. The Kier molecular flexibility index (Phi) is 6.07. The predicted octanol–water partition coefficient (Wildman–Crippen LogP) is 3.91. The van der Waals surface area contributed by atoms with Crippen molar-refractivity contribution >= 4 is 27.9 Å².